The lowest BCUT2D eigenvalue weighted by Gasteiger charge is -2.11. The van der Waals surface area contributed by atoms with Crippen molar-refractivity contribution in [3.8, 4) is 0 Å². The van der Waals surface area contributed by atoms with E-state index in [1.807, 2.05) is 30.3 Å². The first-order valence-electron chi connectivity index (χ1n) is 9.44. The van der Waals surface area contributed by atoms with Crippen molar-refractivity contribution in [1.82, 2.24) is 15.2 Å². The summed E-state index contributed by atoms with van der Waals surface area (Å²) in [4.78, 5) is 36.9. The lowest BCUT2D eigenvalue weighted by molar-refractivity contribution is -0.124. The Morgan fingerprint density at radius 3 is 2.41 bits per heavy atom. The third-order valence-electron chi connectivity index (χ3n) is 4.90. The SMILES string of the molecule is O=C(NCCNC(=O)C1CCCC1)c1cccn(Cc2ccccc2)c1=O. The monoisotopic (exact) mass is 367 g/mol. The van der Waals surface area contributed by atoms with E-state index in [2.05, 4.69) is 10.6 Å². The Hall–Kier alpha value is -2.89. The summed E-state index contributed by atoms with van der Waals surface area (Å²) in [6.45, 7) is 1.08. The molecule has 27 heavy (non-hydrogen) atoms. The zero-order valence-electron chi connectivity index (χ0n) is 15.3. The number of aromatic nitrogens is 1. The Morgan fingerprint density at radius 2 is 1.67 bits per heavy atom. The lowest BCUT2D eigenvalue weighted by Crippen LogP contribution is -2.39. The number of nitrogens with one attached hydrogen (secondary N) is 2. The number of benzene rings is 1. The third-order valence-corrected chi connectivity index (χ3v) is 4.90. The summed E-state index contributed by atoms with van der Waals surface area (Å²) in [6.07, 6.45) is 5.79. The molecule has 1 aromatic heterocycles. The van der Waals surface area contributed by atoms with Crippen LogP contribution < -0.4 is 16.2 Å². The highest BCUT2D eigenvalue weighted by Crippen LogP contribution is 2.24. The Morgan fingerprint density at radius 1 is 0.963 bits per heavy atom. The molecule has 6 heteroatoms. The van der Waals surface area contributed by atoms with Gasteiger partial charge in [0.05, 0.1) is 6.54 Å². The molecule has 1 fully saturated rings. The van der Waals surface area contributed by atoms with E-state index in [0.29, 0.717) is 19.6 Å². The van der Waals surface area contributed by atoms with Gasteiger partial charge in [-0.3, -0.25) is 14.4 Å². The molecule has 0 spiro atoms. The van der Waals surface area contributed by atoms with E-state index in [9.17, 15) is 14.4 Å². The molecule has 1 heterocycles. The molecule has 0 atom stereocenters. The topological polar surface area (TPSA) is 80.2 Å². The Balaban J connectivity index is 1.53. The molecule has 3 rings (SSSR count). The second-order valence-corrected chi connectivity index (χ2v) is 6.87. The fourth-order valence-corrected chi connectivity index (χ4v) is 3.40. The lowest BCUT2D eigenvalue weighted by atomic mass is 10.1. The molecule has 142 valence electrons. The van der Waals surface area contributed by atoms with Crippen molar-refractivity contribution in [2.75, 3.05) is 13.1 Å². The van der Waals surface area contributed by atoms with E-state index < -0.39 is 5.91 Å². The Bertz CT molecular complexity index is 839. The van der Waals surface area contributed by atoms with E-state index in [1.165, 1.54) is 10.6 Å². The van der Waals surface area contributed by atoms with E-state index in [1.54, 1.807) is 12.3 Å². The molecule has 0 bridgehead atoms. The molecular formula is C21H25N3O3. The van der Waals surface area contributed by atoms with Crippen LogP contribution in [0.1, 0.15) is 41.6 Å². The molecule has 6 nitrogen and oxygen atoms in total. The van der Waals surface area contributed by atoms with Crippen LogP contribution in [0.25, 0.3) is 0 Å². The van der Waals surface area contributed by atoms with Crippen LogP contribution in [0, 0.1) is 5.92 Å². The van der Waals surface area contributed by atoms with Crippen LogP contribution in [0.3, 0.4) is 0 Å². The van der Waals surface area contributed by atoms with Gasteiger partial charge in [-0.25, -0.2) is 0 Å². The highest BCUT2D eigenvalue weighted by molar-refractivity contribution is 5.93. The van der Waals surface area contributed by atoms with Crippen molar-refractivity contribution in [3.05, 3.63) is 70.1 Å². The van der Waals surface area contributed by atoms with Gasteiger partial charge in [0, 0.05) is 25.2 Å². The number of amides is 2. The van der Waals surface area contributed by atoms with Gasteiger partial charge < -0.3 is 15.2 Å². The van der Waals surface area contributed by atoms with Crippen LogP contribution in [-0.4, -0.2) is 29.5 Å². The molecule has 1 saturated carbocycles. The summed E-state index contributed by atoms with van der Waals surface area (Å²) in [6, 6.07) is 12.8. The molecule has 2 aromatic rings. The molecular weight excluding hydrogens is 342 g/mol. The number of rotatable bonds is 7. The van der Waals surface area contributed by atoms with Crippen LogP contribution in [0.15, 0.2) is 53.5 Å². The zero-order chi connectivity index (χ0) is 19.1. The van der Waals surface area contributed by atoms with Crippen molar-refractivity contribution in [1.29, 1.82) is 0 Å². The second kappa shape index (κ2) is 9.16. The molecule has 0 unspecified atom stereocenters. The molecule has 0 radical (unpaired) electrons. The third kappa shape index (κ3) is 5.06. The molecule has 2 N–H and O–H groups in total. The van der Waals surface area contributed by atoms with Gasteiger partial charge in [0.1, 0.15) is 5.56 Å². The van der Waals surface area contributed by atoms with Gasteiger partial charge in [-0.05, 0) is 30.5 Å². The zero-order valence-corrected chi connectivity index (χ0v) is 15.3. The number of hydrogen-bond donors (Lipinski definition) is 2. The van der Waals surface area contributed by atoms with Gasteiger partial charge in [0.15, 0.2) is 0 Å². The predicted octanol–water partition coefficient (Wildman–Crippen LogP) is 1.93. The van der Waals surface area contributed by atoms with E-state index in [4.69, 9.17) is 0 Å². The first-order valence-corrected chi connectivity index (χ1v) is 9.44. The van der Waals surface area contributed by atoms with Gasteiger partial charge in [0.2, 0.25) is 5.91 Å². The average molecular weight is 367 g/mol. The first-order chi connectivity index (χ1) is 13.1. The largest absolute Gasteiger partial charge is 0.354 e. The first kappa shape index (κ1) is 18.9. The summed E-state index contributed by atoms with van der Waals surface area (Å²) < 4.78 is 1.52. The standard InChI is InChI=1S/C21H25N3O3/c25-19(17-9-4-5-10-17)22-12-13-23-20(26)18-11-6-14-24(21(18)27)15-16-7-2-1-3-8-16/h1-3,6-8,11,14,17H,4-5,9-10,12-13,15H2,(H,22,25)(H,23,26). The number of hydrogen-bond acceptors (Lipinski definition) is 3. The minimum Gasteiger partial charge on any atom is -0.354 e. The minimum atomic E-state index is -0.419. The van der Waals surface area contributed by atoms with Gasteiger partial charge in [-0.1, -0.05) is 43.2 Å². The van der Waals surface area contributed by atoms with Gasteiger partial charge >= 0.3 is 0 Å². The van der Waals surface area contributed by atoms with Crippen molar-refractivity contribution in [2.45, 2.75) is 32.2 Å². The number of carbonyl (C=O) groups excluding carboxylic acids is 2. The van der Waals surface area contributed by atoms with E-state index in [0.717, 1.165) is 31.2 Å². The van der Waals surface area contributed by atoms with Crippen LogP contribution in [0.4, 0.5) is 0 Å². The van der Waals surface area contributed by atoms with Crippen molar-refractivity contribution in [3.63, 3.8) is 0 Å². The van der Waals surface area contributed by atoms with Crippen LogP contribution >= 0.6 is 0 Å². The fraction of sp³-hybridized carbons (Fsp3) is 0.381. The number of nitrogens with zero attached hydrogens (tertiary/aromatic N) is 1. The Kier molecular flexibility index (Phi) is 6.41. The van der Waals surface area contributed by atoms with Crippen LogP contribution in [0.2, 0.25) is 0 Å². The summed E-state index contributed by atoms with van der Waals surface area (Å²) >= 11 is 0. The molecule has 0 saturated heterocycles. The molecule has 0 aliphatic heterocycles. The van der Waals surface area contributed by atoms with Gasteiger partial charge in [0.25, 0.3) is 11.5 Å². The van der Waals surface area contributed by atoms with Gasteiger partial charge in [-0.2, -0.15) is 0 Å². The fourth-order valence-electron chi connectivity index (χ4n) is 3.40. The van der Waals surface area contributed by atoms with Crippen molar-refractivity contribution < 1.29 is 9.59 Å². The van der Waals surface area contributed by atoms with Gasteiger partial charge in [-0.15, -0.1) is 0 Å². The quantitative estimate of drug-likeness (QED) is 0.734. The van der Waals surface area contributed by atoms with Crippen LogP contribution in [-0.2, 0) is 11.3 Å². The van der Waals surface area contributed by atoms with Crippen LogP contribution in [0.5, 0.6) is 0 Å². The average Bonchev–Trinajstić information content (AvgIpc) is 3.22. The summed E-state index contributed by atoms with van der Waals surface area (Å²) in [5, 5.41) is 5.56. The predicted molar refractivity (Wildman–Crippen MR) is 104 cm³/mol. The maximum atomic E-state index is 12.6. The van der Waals surface area contributed by atoms with E-state index in [-0.39, 0.29) is 22.9 Å². The smallest absolute Gasteiger partial charge is 0.263 e. The molecule has 1 aliphatic rings. The normalized spacial score (nSPS) is 14.1. The van der Waals surface area contributed by atoms with Crippen molar-refractivity contribution in [2.24, 2.45) is 5.92 Å². The number of carbonyl (C=O) groups is 2. The molecule has 1 aliphatic carbocycles. The minimum absolute atomic E-state index is 0.0617. The maximum absolute atomic E-state index is 12.6. The second-order valence-electron chi connectivity index (χ2n) is 6.87. The summed E-state index contributed by atoms with van der Waals surface area (Å²) in [5.41, 5.74) is 0.774. The maximum Gasteiger partial charge on any atom is 0.263 e. The molecule has 1 aromatic carbocycles. The summed E-state index contributed by atoms with van der Waals surface area (Å²) in [7, 11) is 0. The van der Waals surface area contributed by atoms with E-state index >= 15 is 0 Å². The highest BCUT2D eigenvalue weighted by Gasteiger charge is 2.22. The Labute approximate surface area is 158 Å². The number of pyridine rings is 1. The highest BCUT2D eigenvalue weighted by atomic mass is 16.2. The van der Waals surface area contributed by atoms with Crippen molar-refractivity contribution >= 4 is 11.8 Å². The summed E-state index contributed by atoms with van der Waals surface area (Å²) in [5.74, 6) is -0.246. The molecule has 2 amide bonds.